The molecule has 4 atom stereocenters. The Morgan fingerprint density at radius 1 is 1.15 bits per heavy atom. The molecule has 1 aromatic carbocycles. The first-order chi connectivity index (χ1) is 18.6. The quantitative estimate of drug-likeness (QED) is 0.448. The van der Waals surface area contributed by atoms with Gasteiger partial charge in [0, 0.05) is 43.9 Å². The normalized spacial score (nSPS) is 24.1. The van der Waals surface area contributed by atoms with Crippen molar-refractivity contribution in [3.8, 4) is 5.75 Å². The van der Waals surface area contributed by atoms with E-state index in [1.54, 1.807) is 23.1 Å². The van der Waals surface area contributed by atoms with Crippen LogP contribution in [0.15, 0.2) is 18.2 Å². The number of hydrogen-bond acceptors (Lipinski definition) is 6. The van der Waals surface area contributed by atoms with Crippen LogP contribution in [-0.4, -0.2) is 91.0 Å². The molecule has 3 N–H and O–H groups in total. The number of carbonyl (C=O) groups is 2. The summed E-state index contributed by atoms with van der Waals surface area (Å²) in [6.07, 6.45) is 5.23. The Labute approximate surface area is 234 Å². The molecule has 0 spiro atoms. The third-order valence-corrected chi connectivity index (χ3v) is 7.49. The molecule has 0 saturated heterocycles. The molecule has 3 amide bonds. The number of aliphatic hydroxyl groups excluding tert-OH is 1. The molecule has 0 bridgehead atoms. The highest BCUT2D eigenvalue weighted by atomic mass is 16.5. The zero-order valence-electron chi connectivity index (χ0n) is 24.7. The minimum absolute atomic E-state index is 0.0195. The van der Waals surface area contributed by atoms with Gasteiger partial charge in [-0.2, -0.15) is 0 Å². The van der Waals surface area contributed by atoms with Gasteiger partial charge in [0.2, 0.25) is 0 Å². The van der Waals surface area contributed by atoms with E-state index in [9.17, 15) is 14.7 Å². The van der Waals surface area contributed by atoms with Crippen molar-refractivity contribution in [2.45, 2.75) is 91.0 Å². The topological polar surface area (TPSA) is 103 Å². The van der Waals surface area contributed by atoms with Gasteiger partial charge in [-0.15, -0.1) is 0 Å². The monoisotopic (exact) mass is 546 g/mol. The van der Waals surface area contributed by atoms with Gasteiger partial charge < -0.3 is 35.0 Å². The minimum Gasteiger partial charge on any atom is -0.490 e. The van der Waals surface area contributed by atoms with E-state index in [0.717, 1.165) is 38.3 Å². The van der Waals surface area contributed by atoms with Crippen molar-refractivity contribution in [2.75, 3.05) is 45.2 Å². The van der Waals surface area contributed by atoms with Gasteiger partial charge in [-0.05, 0) is 91.0 Å². The average Bonchev–Trinajstić information content (AvgIpc) is 3.69. The first-order valence-corrected chi connectivity index (χ1v) is 14.7. The molecule has 0 aromatic heterocycles. The van der Waals surface area contributed by atoms with Gasteiger partial charge in [0.05, 0.1) is 30.4 Å². The number of nitrogens with zero attached hydrogens (tertiary/aromatic N) is 2. The lowest BCUT2D eigenvalue weighted by Gasteiger charge is -2.36. The zero-order chi connectivity index (χ0) is 28.5. The van der Waals surface area contributed by atoms with E-state index in [1.165, 1.54) is 12.8 Å². The number of aliphatic hydroxyl groups is 1. The van der Waals surface area contributed by atoms with Crippen LogP contribution < -0.4 is 15.4 Å². The van der Waals surface area contributed by atoms with E-state index in [2.05, 4.69) is 29.5 Å². The van der Waals surface area contributed by atoms with E-state index in [0.29, 0.717) is 30.2 Å². The maximum atomic E-state index is 14.1. The Morgan fingerprint density at radius 3 is 2.56 bits per heavy atom. The lowest BCUT2D eigenvalue weighted by Crippen LogP contribution is -2.47. The zero-order valence-corrected chi connectivity index (χ0v) is 24.7. The summed E-state index contributed by atoms with van der Waals surface area (Å²) in [7, 11) is 2.15. The van der Waals surface area contributed by atoms with Gasteiger partial charge >= 0.3 is 6.03 Å². The number of anilines is 1. The lowest BCUT2D eigenvalue weighted by atomic mass is 10.0. The van der Waals surface area contributed by atoms with Crippen molar-refractivity contribution in [3.05, 3.63) is 23.8 Å². The highest BCUT2D eigenvalue weighted by Gasteiger charge is 2.31. The molecule has 1 aliphatic carbocycles. The summed E-state index contributed by atoms with van der Waals surface area (Å²) in [5, 5.41) is 15.7. The fourth-order valence-corrected chi connectivity index (χ4v) is 5.02. The number of hydrogen-bond donors (Lipinski definition) is 3. The van der Waals surface area contributed by atoms with Crippen LogP contribution >= 0.6 is 0 Å². The third-order valence-electron chi connectivity index (χ3n) is 7.49. The van der Waals surface area contributed by atoms with E-state index in [-0.39, 0.29) is 42.7 Å². The van der Waals surface area contributed by atoms with Crippen molar-refractivity contribution in [2.24, 2.45) is 11.8 Å². The molecule has 1 fully saturated rings. The van der Waals surface area contributed by atoms with Crippen molar-refractivity contribution < 1.29 is 24.2 Å². The molecule has 220 valence electrons. The SMILES string of the molecule is CC(C)NC(=O)Nc1ccc2c(c1)C(=O)N([C@H](C)CO)C[C@H](C)[C@@H](CN(C)CC1CC1)OCCCC[C@H](C)O2. The lowest BCUT2D eigenvalue weighted by molar-refractivity contribution is -0.0172. The predicted octanol–water partition coefficient (Wildman–Crippen LogP) is 4.35. The fraction of sp³-hybridized carbons (Fsp3) is 0.733. The van der Waals surface area contributed by atoms with Crippen LogP contribution in [0.25, 0.3) is 0 Å². The number of likely N-dealkylation sites (N-methyl/N-ethyl adjacent to an activating group) is 1. The van der Waals surface area contributed by atoms with Crippen molar-refractivity contribution in [3.63, 3.8) is 0 Å². The van der Waals surface area contributed by atoms with Gasteiger partial charge in [0.15, 0.2) is 0 Å². The first-order valence-electron chi connectivity index (χ1n) is 14.7. The molecular formula is C30H50N4O5. The molecule has 1 heterocycles. The molecule has 1 saturated carbocycles. The number of amides is 3. The van der Waals surface area contributed by atoms with Gasteiger partial charge in [0.1, 0.15) is 5.75 Å². The van der Waals surface area contributed by atoms with E-state index in [1.807, 2.05) is 27.7 Å². The Kier molecular flexibility index (Phi) is 11.9. The van der Waals surface area contributed by atoms with Crippen LogP contribution in [0.5, 0.6) is 5.75 Å². The molecule has 0 unspecified atom stereocenters. The van der Waals surface area contributed by atoms with Gasteiger partial charge in [0.25, 0.3) is 5.91 Å². The summed E-state index contributed by atoms with van der Waals surface area (Å²) in [6.45, 7) is 12.6. The minimum atomic E-state index is -0.399. The van der Waals surface area contributed by atoms with Crippen molar-refractivity contribution >= 4 is 17.6 Å². The molecule has 1 aliphatic heterocycles. The summed E-state index contributed by atoms with van der Waals surface area (Å²) in [5.74, 6) is 1.09. The van der Waals surface area contributed by atoms with Gasteiger partial charge in [-0.25, -0.2) is 4.79 Å². The summed E-state index contributed by atoms with van der Waals surface area (Å²) < 4.78 is 12.7. The first kappa shape index (κ1) is 31.2. The number of urea groups is 1. The maximum absolute atomic E-state index is 14.1. The summed E-state index contributed by atoms with van der Waals surface area (Å²) >= 11 is 0. The number of nitrogens with one attached hydrogen (secondary N) is 2. The van der Waals surface area contributed by atoms with E-state index < -0.39 is 6.04 Å². The molecule has 0 radical (unpaired) electrons. The number of carbonyl (C=O) groups excluding carboxylic acids is 2. The molecule has 2 aliphatic rings. The average molecular weight is 547 g/mol. The highest BCUT2D eigenvalue weighted by Crippen LogP contribution is 2.30. The van der Waals surface area contributed by atoms with Crippen LogP contribution in [0.1, 0.15) is 77.1 Å². The predicted molar refractivity (Wildman–Crippen MR) is 154 cm³/mol. The maximum Gasteiger partial charge on any atom is 0.319 e. The Balaban J connectivity index is 1.91. The molecular weight excluding hydrogens is 496 g/mol. The van der Waals surface area contributed by atoms with E-state index >= 15 is 0 Å². The second-order valence-corrected chi connectivity index (χ2v) is 11.9. The fourth-order valence-electron chi connectivity index (χ4n) is 5.02. The van der Waals surface area contributed by atoms with Crippen LogP contribution in [0.2, 0.25) is 0 Å². The second-order valence-electron chi connectivity index (χ2n) is 11.9. The van der Waals surface area contributed by atoms with Crippen LogP contribution in [0.4, 0.5) is 10.5 Å². The molecule has 9 nitrogen and oxygen atoms in total. The van der Waals surface area contributed by atoms with Crippen molar-refractivity contribution in [1.82, 2.24) is 15.1 Å². The highest BCUT2D eigenvalue weighted by molar-refractivity contribution is 5.99. The molecule has 9 heteroatoms. The van der Waals surface area contributed by atoms with Gasteiger partial charge in [-0.1, -0.05) is 6.92 Å². The largest absolute Gasteiger partial charge is 0.490 e. The third kappa shape index (κ3) is 9.96. The molecule has 39 heavy (non-hydrogen) atoms. The van der Waals surface area contributed by atoms with Gasteiger partial charge in [-0.3, -0.25) is 4.79 Å². The number of fused-ring (bicyclic) bond motifs is 1. The molecule has 1 aromatic rings. The number of ether oxygens (including phenoxy) is 2. The molecule has 3 rings (SSSR count). The Hall–Kier alpha value is -2.36. The Morgan fingerprint density at radius 2 is 1.90 bits per heavy atom. The number of rotatable bonds is 8. The van der Waals surface area contributed by atoms with Crippen LogP contribution in [0, 0.1) is 11.8 Å². The van der Waals surface area contributed by atoms with E-state index in [4.69, 9.17) is 9.47 Å². The summed E-state index contributed by atoms with van der Waals surface area (Å²) in [6, 6.07) is 4.43. The van der Waals surface area contributed by atoms with Crippen LogP contribution in [-0.2, 0) is 4.74 Å². The Bertz CT molecular complexity index is 938. The second kappa shape index (κ2) is 14.9. The van der Waals surface area contributed by atoms with Crippen molar-refractivity contribution in [1.29, 1.82) is 0 Å². The summed E-state index contributed by atoms with van der Waals surface area (Å²) in [4.78, 5) is 30.5. The van der Waals surface area contributed by atoms with Crippen LogP contribution in [0.3, 0.4) is 0 Å². The standard InChI is InChI=1S/C30H50N4O5/c1-20(2)31-30(37)32-25-12-13-27-26(15-25)29(36)34(22(4)19-35)16-21(3)28(18-33(6)17-24-10-11-24)38-14-8-7-9-23(5)39-27/h12-13,15,20-24,28,35H,7-11,14,16-19H2,1-6H3,(H2,31,32,37)/t21-,22+,23-,28+/m0/s1. The summed E-state index contributed by atoms with van der Waals surface area (Å²) in [5.41, 5.74) is 0.877. The number of benzene rings is 1. The smallest absolute Gasteiger partial charge is 0.319 e.